The van der Waals surface area contributed by atoms with E-state index in [1.807, 2.05) is 51.1 Å². The lowest BCUT2D eigenvalue weighted by molar-refractivity contribution is -0.146. The van der Waals surface area contributed by atoms with Crippen molar-refractivity contribution in [1.82, 2.24) is 9.80 Å². The highest BCUT2D eigenvalue weighted by atomic mass is 16.6. The Morgan fingerprint density at radius 2 is 1.89 bits per heavy atom. The van der Waals surface area contributed by atoms with Crippen LogP contribution >= 0.6 is 0 Å². The summed E-state index contributed by atoms with van der Waals surface area (Å²) in [5.74, 6) is -0.456. The molecule has 0 radical (unpaired) electrons. The van der Waals surface area contributed by atoms with Gasteiger partial charge in [-0.15, -0.1) is 0 Å². The number of benzene rings is 1. The van der Waals surface area contributed by atoms with Gasteiger partial charge in [-0.25, -0.2) is 4.79 Å². The first-order chi connectivity index (χ1) is 12.6. The van der Waals surface area contributed by atoms with E-state index in [9.17, 15) is 14.7 Å². The van der Waals surface area contributed by atoms with E-state index in [4.69, 9.17) is 9.47 Å². The van der Waals surface area contributed by atoms with Crippen LogP contribution in [-0.4, -0.2) is 71.9 Å². The van der Waals surface area contributed by atoms with Crippen LogP contribution in [0.2, 0.25) is 0 Å². The number of β-amino-alcohol motifs (C(OH)–C–C–N with tert-alkyl or cyclic N) is 1. The van der Waals surface area contributed by atoms with Crippen molar-refractivity contribution >= 4 is 12.1 Å². The summed E-state index contributed by atoms with van der Waals surface area (Å²) in [7, 11) is 1.80. The Labute approximate surface area is 160 Å². The maximum absolute atomic E-state index is 12.1. The van der Waals surface area contributed by atoms with E-state index in [1.54, 1.807) is 11.9 Å². The number of likely N-dealkylation sites (N-methyl/N-ethyl adjacent to an activating group) is 1. The number of hydrogen-bond donors (Lipinski definition) is 1. The third kappa shape index (κ3) is 7.19. The minimum atomic E-state index is -0.639. The summed E-state index contributed by atoms with van der Waals surface area (Å²) >= 11 is 0. The molecule has 0 spiro atoms. The Balaban J connectivity index is 1.75. The van der Waals surface area contributed by atoms with Crippen LogP contribution in [0.25, 0.3) is 0 Å². The number of carbonyl (C=O) groups is 2. The number of hydrogen-bond acceptors (Lipinski definition) is 6. The van der Waals surface area contributed by atoms with Crippen molar-refractivity contribution < 1.29 is 24.2 Å². The van der Waals surface area contributed by atoms with Crippen LogP contribution in [0.3, 0.4) is 0 Å². The van der Waals surface area contributed by atoms with Gasteiger partial charge in [0.15, 0.2) is 0 Å². The number of esters is 1. The molecule has 1 aliphatic rings. The Bertz CT molecular complexity index is 629. The van der Waals surface area contributed by atoms with E-state index in [0.717, 1.165) is 5.56 Å². The van der Waals surface area contributed by atoms with Crippen molar-refractivity contribution in [1.29, 1.82) is 0 Å². The number of aliphatic hydroxyl groups is 1. The summed E-state index contributed by atoms with van der Waals surface area (Å²) in [6.07, 6.45) is -1.06. The molecule has 1 amide bonds. The second kappa shape index (κ2) is 9.19. The van der Waals surface area contributed by atoms with Gasteiger partial charge in [0, 0.05) is 19.0 Å². The van der Waals surface area contributed by atoms with Crippen LogP contribution < -0.4 is 0 Å². The number of rotatable bonds is 6. The molecule has 1 fully saturated rings. The molecule has 0 bridgehead atoms. The molecule has 1 N–H and O–H groups in total. The van der Waals surface area contributed by atoms with E-state index in [0.29, 0.717) is 13.1 Å². The molecule has 1 aliphatic heterocycles. The van der Waals surface area contributed by atoms with Crippen molar-refractivity contribution in [2.24, 2.45) is 5.92 Å². The maximum atomic E-state index is 12.1. The van der Waals surface area contributed by atoms with Gasteiger partial charge in [0.25, 0.3) is 0 Å². The second-order valence-electron chi connectivity index (χ2n) is 8.06. The van der Waals surface area contributed by atoms with Crippen LogP contribution in [-0.2, 0) is 20.9 Å². The lowest BCUT2D eigenvalue weighted by Crippen LogP contribution is -2.37. The van der Waals surface area contributed by atoms with Gasteiger partial charge in [-0.05, 0) is 33.4 Å². The molecule has 1 saturated heterocycles. The smallest absolute Gasteiger partial charge is 0.410 e. The van der Waals surface area contributed by atoms with E-state index < -0.39 is 17.8 Å². The summed E-state index contributed by atoms with van der Waals surface area (Å²) in [6, 6.07) is 9.50. The SMILES string of the molecule is CN(CC(=O)OCc1ccccc1)C[C@H]1CN(C(=O)OC(C)(C)C)C[C@@H]1O. The van der Waals surface area contributed by atoms with Crippen LogP contribution in [0, 0.1) is 5.92 Å². The predicted molar refractivity (Wildman–Crippen MR) is 101 cm³/mol. The summed E-state index contributed by atoms with van der Waals surface area (Å²) in [6.45, 7) is 6.93. The van der Waals surface area contributed by atoms with E-state index in [-0.39, 0.29) is 31.6 Å². The van der Waals surface area contributed by atoms with Gasteiger partial charge in [-0.1, -0.05) is 30.3 Å². The number of aliphatic hydroxyl groups excluding tert-OH is 1. The van der Waals surface area contributed by atoms with Crippen LogP contribution in [0.4, 0.5) is 4.79 Å². The quantitative estimate of drug-likeness (QED) is 0.762. The third-order valence-corrected chi connectivity index (χ3v) is 4.25. The van der Waals surface area contributed by atoms with Crippen LogP contribution in [0.15, 0.2) is 30.3 Å². The maximum Gasteiger partial charge on any atom is 0.410 e. The molecule has 1 aromatic carbocycles. The number of carbonyl (C=O) groups excluding carboxylic acids is 2. The zero-order chi connectivity index (χ0) is 20.0. The van der Waals surface area contributed by atoms with E-state index >= 15 is 0 Å². The number of amides is 1. The standard InChI is InChI=1S/C20H30N2O5/c1-20(2,3)27-19(25)22-11-16(17(23)12-22)10-21(4)13-18(24)26-14-15-8-6-5-7-9-15/h5-9,16-17,23H,10-14H2,1-4H3/t16-,17-/m0/s1. The van der Waals surface area contributed by atoms with E-state index in [2.05, 4.69) is 0 Å². The van der Waals surface area contributed by atoms with E-state index in [1.165, 1.54) is 4.90 Å². The van der Waals surface area contributed by atoms with Gasteiger partial charge < -0.3 is 19.5 Å². The first-order valence-electron chi connectivity index (χ1n) is 9.18. The normalized spacial score (nSPS) is 20.0. The zero-order valence-corrected chi connectivity index (χ0v) is 16.6. The highest BCUT2D eigenvalue weighted by Gasteiger charge is 2.36. The molecule has 2 rings (SSSR count). The average Bonchev–Trinajstić information content (AvgIpc) is 2.93. The van der Waals surface area contributed by atoms with Gasteiger partial charge >= 0.3 is 12.1 Å². The Morgan fingerprint density at radius 1 is 1.22 bits per heavy atom. The summed E-state index contributed by atoms with van der Waals surface area (Å²) < 4.78 is 10.6. The number of likely N-dealkylation sites (tertiary alicyclic amines) is 1. The predicted octanol–water partition coefficient (Wildman–Crippen LogP) is 1.89. The average molecular weight is 378 g/mol. The fourth-order valence-corrected chi connectivity index (χ4v) is 2.98. The van der Waals surface area contributed by atoms with Gasteiger partial charge in [-0.2, -0.15) is 0 Å². The molecule has 0 aliphatic carbocycles. The van der Waals surface area contributed by atoms with Gasteiger partial charge in [-0.3, -0.25) is 9.69 Å². The highest BCUT2D eigenvalue weighted by Crippen LogP contribution is 2.21. The second-order valence-corrected chi connectivity index (χ2v) is 8.06. The van der Waals surface area contributed by atoms with Crippen LogP contribution in [0.5, 0.6) is 0 Å². The van der Waals surface area contributed by atoms with Gasteiger partial charge in [0.2, 0.25) is 0 Å². The molecule has 1 heterocycles. The minimum Gasteiger partial charge on any atom is -0.460 e. The molecule has 27 heavy (non-hydrogen) atoms. The van der Waals surface area contributed by atoms with Crippen molar-refractivity contribution in [3.8, 4) is 0 Å². The molecule has 0 aromatic heterocycles. The minimum absolute atomic E-state index is 0.127. The summed E-state index contributed by atoms with van der Waals surface area (Å²) in [5, 5.41) is 10.2. The Morgan fingerprint density at radius 3 is 2.52 bits per heavy atom. The first-order valence-corrected chi connectivity index (χ1v) is 9.18. The molecule has 7 heteroatoms. The van der Waals surface area contributed by atoms with Crippen molar-refractivity contribution in [2.75, 3.05) is 33.2 Å². The lowest BCUT2D eigenvalue weighted by Gasteiger charge is -2.24. The third-order valence-electron chi connectivity index (χ3n) is 4.25. The molecule has 150 valence electrons. The highest BCUT2D eigenvalue weighted by molar-refractivity contribution is 5.71. The monoisotopic (exact) mass is 378 g/mol. The number of ether oxygens (including phenoxy) is 2. The Kier molecular flexibility index (Phi) is 7.21. The van der Waals surface area contributed by atoms with Crippen molar-refractivity contribution in [2.45, 2.75) is 39.1 Å². The summed E-state index contributed by atoms with van der Waals surface area (Å²) in [4.78, 5) is 27.5. The molecule has 1 aromatic rings. The molecular formula is C20H30N2O5. The zero-order valence-electron chi connectivity index (χ0n) is 16.6. The van der Waals surface area contributed by atoms with Gasteiger partial charge in [0.1, 0.15) is 12.2 Å². The topological polar surface area (TPSA) is 79.3 Å². The van der Waals surface area contributed by atoms with Crippen LogP contribution in [0.1, 0.15) is 26.3 Å². The molecular weight excluding hydrogens is 348 g/mol. The fraction of sp³-hybridized carbons (Fsp3) is 0.600. The first kappa shape index (κ1) is 21.2. The van der Waals surface area contributed by atoms with Crippen molar-refractivity contribution in [3.05, 3.63) is 35.9 Å². The molecule has 0 unspecified atom stereocenters. The number of nitrogens with zero attached hydrogens (tertiary/aromatic N) is 2. The summed E-state index contributed by atoms with van der Waals surface area (Å²) in [5.41, 5.74) is 0.368. The molecule has 2 atom stereocenters. The van der Waals surface area contributed by atoms with Crippen molar-refractivity contribution in [3.63, 3.8) is 0 Å². The largest absolute Gasteiger partial charge is 0.460 e. The Hall–Kier alpha value is -2.12. The van der Waals surface area contributed by atoms with Gasteiger partial charge in [0.05, 0.1) is 19.2 Å². The molecule has 7 nitrogen and oxygen atoms in total. The molecule has 0 saturated carbocycles. The fourth-order valence-electron chi connectivity index (χ4n) is 2.98. The lowest BCUT2D eigenvalue weighted by atomic mass is 10.1.